The molecule has 7 nitrogen and oxygen atoms in total. The van der Waals surface area contributed by atoms with Gasteiger partial charge in [0.15, 0.2) is 0 Å². The molecule has 0 amide bonds. The number of nitrogens with zero attached hydrogens (tertiary/aromatic N) is 5. The molecule has 6 heterocycles. The highest BCUT2D eigenvalue weighted by molar-refractivity contribution is 7.18. The number of aromatic nitrogens is 3. The fourth-order valence-electron chi connectivity index (χ4n) is 7.54. The summed E-state index contributed by atoms with van der Waals surface area (Å²) >= 11 is 0. The van der Waals surface area contributed by atoms with E-state index >= 15 is 4.39 Å². The van der Waals surface area contributed by atoms with Crippen molar-refractivity contribution in [2.45, 2.75) is 110 Å². The largest absolute Gasteiger partial charge is 0.365 e. The van der Waals surface area contributed by atoms with Gasteiger partial charge in [-0.05, 0) is 127 Å². The zero-order valence-corrected chi connectivity index (χ0v) is 27.8. The monoisotopic (exact) mass is 636 g/mol. The number of nitrogens with one attached hydrogen (secondary N) is 1. The Kier molecular flexibility index (Phi) is 11.3. The van der Waals surface area contributed by atoms with E-state index in [0.717, 1.165) is 106 Å². The van der Waals surface area contributed by atoms with E-state index in [1.54, 1.807) is 6.33 Å². The van der Waals surface area contributed by atoms with E-state index in [2.05, 4.69) is 54.2 Å². The van der Waals surface area contributed by atoms with Gasteiger partial charge in [-0.15, -0.1) is 0 Å². The number of halogens is 1. The van der Waals surface area contributed by atoms with Crippen LogP contribution in [0.3, 0.4) is 0 Å². The predicted molar refractivity (Wildman–Crippen MR) is 188 cm³/mol. The fourth-order valence-corrected chi connectivity index (χ4v) is 7.88. The Morgan fingerprint density at radius 1 is 0.956 bits per heavy atom. The van der Waals surface area contributed by atoms with Gasteiger partial charge >= 0.3 is 0 Å². The van der Waals surface area contributed by atoms with Gasteiger partial charge in [0, 0.05) is 24.7 Å². The zero-order valence-electron chi connectivity index (χ0n) is 26.6. The van der Waals surface area contributed by atoms with Crippen molar-refractivity contribution in [3.63, 3.8) is 0 Å². The first-order valence-corrected chi connectivity index (χ1v) is 17.5. The summed E-state index contributed by atoms with van der Waals surface area (Å²) in [6, 6.07) is 10.5. The normalized spacial score (nSPS) is 25.9. The number of benzene rings is 1. The number of piperidine rings is 2. The minimum absolute atomic E-state index is 0. The summed E-state index contributed by atoms with van der Waals surface area (Å²) in [6.45, 7) is 11.0. The number of hydrogen-bond donors (Lipinski definition) is 1. The number of aryl methyl sites for hydroxylation is 1. The number of alkyl halides is 1. The molecule has 2 aromatic heterocycles. The van der Waals surface area contributed by atoms with Gasteiger partial charge in [0.05, 0.1) is 5.39 Å². The zero-order chi connectivity index (χ0) is 30.7. The molecule has 4 aliphatic heterocycles. The molecule has 2 unspecified atom stereocenters. The molecule has 0 spiro atoms. The lowest BCUT2D eigenvalue weighted by Crippen LogP contribution is -2.39. The molecule has 0 saturated carbocycles. The lowest BCUT2D eigenvalue weighted by atomic mass is 9.89. The molecule has 7 rings (SSSR count). The Hall–Kier alpha value is -2.41. The van der Waals surface area contributed by atoms with Crippen LogP contribution in [0.25, 0.3) is 11.0 Å². The van der Waals surface area contributed by atoms with Crippen LogP contribution in [0.5, 0.6) is 0 Å². The van der Waals surface area contributed by atoms with Gasteiger partial charge in [-0.1, -0.05) is 47.4 Å². The minimum Gasteiger partial charge on any atom is -0.365 e. The number of anilines is 1. The fraction of sp³-hybridized carbons (Fsp3) is 0.639. The van der Waals surface area contributed by atoms with Crippen molar-refractivity contribution in [2.75, 3.05) is 38.0 Å². The van der Waals surface area contributed by atoms with E-state index in [1.165, 1.54) is 0 Å². The van der Waals surface area contributed by atoms with E-state index < -0.39 is 5.41 Å². The molecule has 45 heavy (non-hydrogen) atoms. The van der Waals surface area contributed by atoms with Crippen LogP contribution in [0.2, 0.25) is 0 Å². The van der Waals surface area contributed by atoms with Crippen LogP contribution >= 0.6 is 9.24 Å². The smallest absolute Gasteiger partial charge is 0.255 e. The van der Waals surface area contributed by atoms with E-state index in [4.69, 9.17) is 0 Å². The molecule has 246 valence electrons. The first kappa shape index (κ1) is 33.9. The summed E-state index contributed by atoms with van der Waals surface area (Å²) in [4.78, 5) is 28.5. The summed E-state index contributed by atoms with van der Waals surface area (Å²) in [5.74, 6) is 1.54. The van der Waals surface area contributed by atoms with Crippen molar-refractivity contribution >= 4 is 26.1 Å². The molecule has 0 radical (unpaired) electrons. The highest BCUT2D eigenvalue weighted by Crippen LogP contribution is 2.40. The maximum absolute atomic E-state index is 16.0. The summed E-state index contributed by atoms with van der Waals surface area (Å²) in [6.07, 6.45) is 10.4. The van der Waals surface area contributed by atoms with Gasteiger partial charge in [-0.2, -0.15) is 0 Å². The molecule has 2 atom stereocenters. The lowest BCUT2D eigenvalue weighted by molar-refractivity contribution is 0.161. The van der Waals surface area contributed by atoms with Gasteiger partial charge in [-0.3, -0.25) is 9.36 Å². The Morgan fingerprint density at radius 3 is 2.47 bits per heavy atom. The van der Waals surface area contributed by atoms with Crippen molar-refractivity contribution in [1.29, 1.82) is 0 Å². The minimum atomic E-state index is -1.44. The first-order chi connectivity index (χ1) is 21.3. The molecule has 4 aliphatic rings. The Bertz CT molecular complexity index is 1480. The highest BCUT2D eigenvalue weighted by atomic mass is 31.0. The average molecular weight is 637 g/mol. The Balaban J connectivity index is 0.00000400. The SMILES string of the molecule is C.CC(C)N1CCC(c2cc3c4ncnc3n(c2=O)CCCCCN2CCC(CC2)CCC(F)(P)c2cccc(c2)CN4)CC1. The third-order valence-corrected chi connectivity index (χ3v) is 11.1. The van der Waals surface area contributed by atoms with E-state index in [-0.39, 0.29) is 18.9 Å². The topological polar surface area (TPSA) is 66.3 Å². The van der Waals surface area contributed by atoms with Gasteiger partial charge in [0.2, 0.25) is 0 Å². The second kappa shape index (κ2) is 15.0. The van der Waals surface area contributed by atoms with Gasteiger partial charge in [-0.25, -0.2) is 14.4 Å². The van der Waals surface area contributed by atoms with Crippen LogP contribution in [-0.4, -0.2) is 63.1 Å². The van der Waals surface area contributed by atoms with Gasteiger partial charge in [0.1, 0.15) is 23.2 Å². The van der Waals surface area contributed by atoms with E-state index in [1.807, 2.05) is 28.8 Å². The standard InChI is InChI=1S/C35H50FN6OP.CH4/c1-25(2)41-19-12-28(13-20-41)30-22-31-32-37-23-27-7-6-8-29(21-27)35(36,44)14-9-26-10-17-40(18-11-26)15-4-3-5-16-42(34(30)43)33(31)39-24-38-32;/h6-8,21-22,24-26,28H,3-5,9-20,23,44H2,1-2H3,(H,37,38,39);1H4. The van der Waals surface area contributed by atoms with Crippen LogP contribution < -0.4 is 10.9 Å². The average Bonchev–Trinajstić information content (AvgIpc) is 3.03. The molecule has 2 saturated heterocycles. The molecular formula is C36H54FN6OP. The van der Waals surface area contributed by atoms with Gasteiger partial charge in [0.25, 0.3) is 5.56 Å². The molecule has 1 N–H and O–H groups in total. The molecule has 0 aliphatic carbocycles. The molecule has 3 aromatic rings. The van der Waals surface area contributed by atoms with Crippen LogP contribution in [0.1, 0.15) is 102 Å². The molecule has 2 fully saturated rings. The summed E-state index contributed by atoms with van der Waals surface area (Å²) in [5.41, 5.74) is 3.42. The van der Waals surface area contributed by atoms with Crippen molar-refractivity contribution < 1.29 is 4.39 Å². The van der Waals surface area contributed by atoms with Gasteiger partial charge < -0.3 is 15.1 Å². The first-order valence-electron chi connectivity index (χ1n) is 16.9. The van der Waals surface area contributed by atoms with Crippen LogP contribution in [0, 0.1) is 5.92 Å². The van der Waals surface area contributed by atoms with Crippen LogP contribution in [0.15, 0.2) is 41.5 Å². The number of hydrogen-bond acceptors (Lipinski definition) is 6. The maximum atomic E-state index is 16.0. The molecule has 9 heteroatoms. The number of pyridine rings is 1. The molecular weight excluding hydrogens is 582 g/mol. The number of fused-ring (bicyclic) bond motifs is 9. The third kappa shape index (κ3) is 7.94. The Morgan fingerprint density at radius 2 is 1.71 bits per heavy atom. The van der Waals surface area contributed by atoms with Crippen molar-refractivity contribution in [2.24, 2.45) is 5.92 Å². The maximum Gasteiger partial charge on any atom is 0.255 e. The lowest BCUT2D eigenvalue weighted by Gasteiger charge is -2.34. The van der Waals surface area contributed by atoms with Crippen LogP contribution in [-0.2, 0) is 18.5 Å². The number of likely N-dealkylation sites (tertiary alicyclic amines) is 1. The summed E-state index contributed by atoms with van der Waals surface area (Å²) in [7, 11) is 2.50. The van der Waals surface area contributed by atoms with Crippen LogP contribution in [0.4, 0.5) is 10.2 Å². The quantitative estimate of drug-likeness (QED) is 0.298. The number of rotatable bonds is 2. The summed E-state index contributed by atoms with van der Waals surface area (Å²) in [5, 5.41) is 2.98. The van der Waals surface area contributed by atoms with Crippen molar-refractivity contribution in [3.8, 4) is 0 Å². The highest BCUT2D eigenvalue weighted by Gasteiger charge is 2.29. The molecule has 1 aromatic carbocycles. The second-order valence-corrected chi connectivity index (χ2v) is 14.6. The van der Waals surface area contributed by atoms with Crippen molar-refractivity contribution in [3.05, 3.63) is 63.7 Å². The molecule has 8 bridgehead atoms. The van der Waals surface area contributed by atoms with E-state index in [0.29, 0.717) is 42.7 Å². The summed E-state index contributed by atoms with van der Waals surface area (Å²) < 4.78 is 18.0. The predicted octanol–water partition coefficient (Wildman–Crippen LogP) is 7.30. The second-order valence-electron chi connectivity index (χ2n) is 13.7. The van der Waals surface area contributed by atoms with E-state index in [9.17, 15) is 4.79 Å². The third-order valence-electron chi connectivity index (χ3n) is 10.5. The Labute approximate surface area is 271 Å². The van der Waals surface area contributed by atoms with Crippen molar-refractivity contribution in [1.82, 2.24) is 24.3 Å².